The van der Waals surface area contributed by atoms with E-state index in [1.807, 2.05) is 18.2 Å². The predicted octanol–water partition coefficient (Wildman–Crippen LogP) is 2.58. The smallest absolute Gasteiger partial charge is 0.321 e. The summed E-state index contributed by atoms with van der Waals surface area (Å²) in [7, 11) is 0. The number of hydrogen-bond donors (Lipinski definition) is 2. The first-order valence-corrected chi connectivity index (χ1v) is 6.21. The summed E-state index contributed by atoms with van der Waals surface area (Å²) in [6.07, 6.45) is 1.60. The molecule has 5 heteroatoms. The maximum atomic E-state index is 11.3. The molecule has 0 radical (unpaired) electrons. The first kappa shape index (κ1) is 12.4. The van der Waals surface area contributed by atoms with E-state index >= 15 is 0 Å². The van der Waals surface area contributed by atoms with Crippen molar-refractivity contribution in [2.75, 3.05) is 5.73 Å². The molecule has 0 aliphatic heterocycles. The molecule has 2 rings (SSSR count). The fraction of sp³-hybridized carbons (Fsp3) is 0.0769. The summed E-state index contributed by atoms with van der Waals surface area (Å²) in [6, 6.07) is 12.5. The highest BCUT2D eigenvalue weighted by molar-refractivity contribution is 8.00. The van der Waals surface area contributed by atoms with Gasteiger partial charge in [0.2, 0.25) is 0 Å². The number of pyridine rings is 1. The molecule has 0 bridgehead atoms. The molecule has 0 aliphatic rings. The maximum absolute atomic E-state index is 11.3. The molecule has 1 aromatic heterocycles. The van der Waals surface area contributed by atoms with Crippen molar-refractivity contribution in [3.05, 3.63) is 54.2 Å². The molecule has 3 N–H and O–H groups in total. The normalized spacial score (nSPS) is 12.0. The maximum Gasteiger partial charge on any atom is 0.321 e. The monoisotopic (exact) mass is 260 g/mol. The lowest BCUT2D eigenvalue weighted by atomic mass is 10.1. The summed E-state index contributed by atoms with van der Waals surface area (Å²) in [6.45, 7) is 0. The zero-order chi connectivity index (χ0) is 13.0. The number of thioether (sulfide) groups is 1. The summed E-state index contributed by atoms with van der Waals surface area (Å²) in [4.78, 5) is 15.4. The molecule has 0 aliphatic carbocycles. The molecule has 2 aromatic rings. The Labute approximate surface area is 109 Å². The van der Waals surface area contributed by atoms with Crippen molar-refractivity contribution < 1.29 is 9.90 Å². The van der Waals surface area contributed by atoms with E-state index < -0.39 is 11.2 Å². The van der Waals surface area contributed by atoms with Crippen molar-refractivity contribution in [1.29, 1.82) is 0 Å². The average molecular weight is 260 g/mol. The number of nitrogens with two attached hydrogens (primary N) is 1. The van der Waals surface area contributed by atoms with Crippen molar-refractivity contribution in [2.24, 2.45) is 0 Å². The van der Waals surface area contributed by atoms with Gasteiger partial charge < -0.3 is 10.8 Å². The molecule has 92 valence electrons. The number of benzene rings is 1. The van der Waals surface area contributed by atoms with Crippen LogP contribution in [0.2, 0.25) is 0 Å². The molecule has 1 heterocycles. The van der Waals surface area contributed by atoms with Crippen LogP contribution in [0.1, 0.15) is 10.8 Å². The van der Waals surface area contributed by atoms with Gasteiger partial charge in [0.05, 0.1) is 5.69 Å². The topological polar surface area (TPSA) is 76.2 Å². The van der Waals surface area contributed by atoms with E-state index in [0.29, 0.717) is 10.7 Å². The molecule has 1 aromatic carbocycles. The van der Waals surface area contributed by atoms with E-state index in [-0.39, 0.29) is 0 Å². The van der Waals surface area contributed by atoms with Crippen LogP contribution in [0.4, 0.5) is 5.69 Å². The second-order valence-electron chi connectivity index (χ2n) is 3.64. The highest BCUT2D eigenvalue weighted by atomic mass is 32.2. The van der Waals surface area contributed by atoms with Crippen molar-refractivity contribution in [1.82, 2.24) is 4.98 Å². The zero-order valence-electron chi connectivity index (χ0n) is 9.48. The van der Waals surface area contributed by atoms with Crippen LogP contribution in [0.5, 0.6) is 0 Å². The number of carbonyl (C=O) groups is 1. The number of carboxylic acid groups (broad SMARTS) is 1. The second kappa shape index (κ2) is 5.55. The lowest BCUT2D eigenvalue weighted by molar-refractivity contribution is -0.136. The number of nitrogen functional groups attached to an aromatic ring is 1. The van der Waals surface area contributed by atoms with Crippen LogP contribution < -0.4 is 5.73 Å². The second-order valence-corrected chi connectivity index (χ2v) is 4.74. The van der Waals surface area contributed by atoms with Crippen LogP contribution in [0.25, 0.3) is 0 Å². The quantitative estimate of drug-likeness (QED) is 0.826. The summed E-state index contributed by atoms with van der Waals surface area (Å²) in [5.74, 6) is -0.906. The number of carboxylic acids is 1. The van der Waals surface area contributed by atoms with Gasteiger partial charge in [-0.1, -0.05) is 42.1 Å². The summed E-state index contributed by atoms with van der Waals surface area (Å²) < 4.78 is 0. The number of hydrogen-bond acceptors (Lipinski definition) is 4. The van der Waals surface area contributed by atoms with Gasteiger partial charge in [0.25, 0.3) is 0 Å². The Morgan fingerprint density at radius 2 is 1.94 bits per heavy atom. The largest absolute Gasteiger partial charge is 0.480 e. The van der Waals surface area contributed by atoms with Crippen LogP contribution in [0, 0.1) is 0 Å². The molecular formula is C13H12N2O2S. The van der Waals surface area contributed by atoms with E-state index in [4.69, 9.17) is 5.73 Å². The SMILES string of the molecule is Nc1cccnc1SC(C(=O)O)c1ccccc1. The van der Waals surface area contributed by atoms with E-state index in [1.54, 1.807) is 30.5 Å². The summed E-state index contributed by atoms with van der Waals surface area (Å²) >= 11 is 1.14. The van der Waals surface area contributed by atoms with Gasteiger partial charge in [-0.3, -0.25) is 4.79 Å². The number of nitrogens with zero attached hydrogens (tertiary/aromatic N) is 1. The Morgan fingerprint density at radius 3 is 2.56 bits per heavy atom. The number of aliphatic carboxylic acids is 1. The van der Waals surface area contributed by atoms with Gasteiger partial charge in [-0.25, -0.2) is 4.98 Å². The van der Waals surface area contributed by atoms with Gasteiger partial charge in [-0.15, -0.1) is 0 Å². The van der Waals surface area contributed by atoms with E-state index in [0.717, 1.165) is 17.3 Å². The Bertz CT molecular complexity index is 546. The van der Waals surface area contributed by atoms with E-state index in [9.17, 15) is 9.90 Å². The highest BCUT2D eigenvalue weighted by Crippen LogP contribution is 2.36. The molecule has 1 atom stereocenters. The van der Waals surface area contributed by atoms with Gasteiger partial charge in [0.1, 0.15) is 10.3 Å². The van der Waals surface area contributed by atoms with E-state index in [1.165, 1.54) is 0 Å². The minimum Gasteiger partial charge on any atom is -0.480 e. The third-order valence-electron chi connectivity index (χ3n) is 2.36. The molecule has 0 saturated carbocycles. The first-order valence-electron chi connectivity index (χ1n) is 5.33. The van der Waals surface area contributed by atoms with Crippen molar-refractivity contribution >= 4 is 23.4 Å². The van der Waals surface area contributed by atoms with Crippen molar-refractivity contribution in [3.8, 4) is 0 Å². The molecule has 0 fully saturated rings. The van der Waals surface area contributed by atoms with Crippen molar-refractivity contribution in [3.63, 3.8) is 0 Å². The molecule has 1 unspecified atom stereocenters. The van der Waals surface area contributed by atoms with Gasteiger partial charge in [0.15, 0.2) is 0 Å². The lowest BCUT2D eigenvalue weighted by Crippen LogP contribution is -2.08. The summed E-state index contributed by atoms with van der Waals surface area (Å²) in [5, 5.41) is 9.12. The van der Waals surface area contributed by atoms with Crippen LogP contribution in [0.3, 0.4) is 0 Å². The molecule has 0 amide bonds. The van der Waals surface area contributed by atoms with Gasteiger partial charge in [0, 0.05) is 6.20 Å². The Kier molecular flexibility index (Phi) is 3.84. The summed E-state index contributed by atoms with van der Waals surface area (Å²) in [5.41, 5.74) is 6.98. The third-order valence-corrected chi connectivity index (χ3v) is 3.63. The lowest BCUT2D eigenvalue weighted by Gasteiger charge is -2.12. The Balaban J connectivity index is 2.28. The van der Waals surface area contributed by atoms with E-state index in [2.05, 4.69) is 4.98 Å². The third kappa shape index (κ3) is 2.81. The zero-order valence-corrected chi connectivity index (χ0v) is 10.3. The Hall–Kier alpha value is -2.01. The van der Waals surface area contributed by atoms with Crippen molar-refractivity contribution in [2.45, 2.75) is 10.3 Å². The fourth-order valence-corrected chi connectivity index (χ4v) is 2.45. The van der Waals surface area contributed by atoms with Gasteiger partial charge in [-0.2, -0.15) is 0 Å². The van der Waals surface area contributed by atoms with Gasteiger partial charge in [-0.05, 0) is 17.7 Å². The molecule has 4 nitrogen and oxygen atoms in total. The minimum atomic E-state index is -0.906. The number of anilines is 1. The van der Waals surface area contributed by atoms with Crippen LogP contribution in [0.15, 0.2) is 53.7 Å². The first-order chi connectivity index (χ1) is 8.68. The highest BCUT2D eigenvalue weighted by Gasteiger charge is 2.22. The van der Waals surface area contributed by atoms with Gasteiger partial charge >= 0.3 is 5.97 Å². The number of aromatic nitrogens is 1. The Morgan fingerprint density at radius 1 is 1.22 bits per heavy atom. The molecule has 0 spiro atoms. The standard InChI is InChI=1S/C13H12N2O2S/c14-10-7-4-8-15-12(10)18-11(13(16)17)9-5-2-1-3-6-9/h1-8,11H,14H2,(H,16,17). The fourth-order valence-electron chi connectivity index (χ4n) is 1.50. The average Bonchev–Trinajstić information content (AvgIpc) is 2.38. The predicted molar refractivity (Wildman–Crippen MR) is 71.3 cm³/mol. The molecule has 18 heavy (non-hydrogen) atoms. The minimum absolute atomic E-state index is 0.490. The van der Waals surface area contributed by atoms with Crippen LogP contribution >= 0.6 is 11.8 Å². The van der Waals surface area contributed by atoms with Crippen LogP contribution in [-0.2, 0) is 4.79 Å². The molecular weight excluding hydrogens is 248 g/mol. The van der Waals surface area contributed by atoms with Crippen LogP contribution in [-0.4, -0.2) is 16.1 Å². The number of rotatable bonds is 4. The molecule has 0 saturated heterocycles.